The Balaban J connectivity index is 1.98. The number of hydrogen-bond acceptors (Lipinski definition) is 2. The lowest BCUT2D eigenvalue weighted by Gasteiger charge is -2.21. The number of rotatable bonds is 3. The molecule has 140 valence electrons. The Morgan fingerprint density at radius 3 is 2.36 bits per heavy atom. The number of pyridine rings is 1. The molecule has 6 heteroatoms. The average molecular weight is 411 g/mol. The van der Waals surface area contributed by atoms with E-state index in [1.165, 1.54) is 27.8 Å². The summed E-state index contributed by atoms with van der Waals surface area (Å²) >= 11 is 12.2. The van der Waals surface area contributed by atoms with Crippen molar-refractivity contribution < 1.29 is 4.79 Å². The van der Waals surface area contributed by atoms with Gasteiger partial charge in [0, 0.05) is 40.6 Å². The summed E-state index contributed by atoms with van der Waals surface area (Å²) in [5.74, 6) is 5.74. The zero-order chi connectivity index (χ0) is 20.1. The Kier molecular flexibility index (Phi) is 6.20. The van der Waals surface area contributed by atoms with Gasteiger partial charge in [-0.2, -0.15) is 0 Å². The van der Waals surface area contributed by atoms with Gasteiger partial charge < -0.3 is 4.57 Å². The maximum Gasteiger partial charge on any atom is 0.260 e. The van der Waals surface area contributed by atoms with Crippen molar-refractivity contribution in [3.63, 3.8) is 0 Å². The molecule has 0 aliphatic carbocycles. The van der Waals surface area contributed by atoms with Crippen LogP contribution in [0.15, 0.2) is 71.7 Å². The van der Waals surface area contributed by atoms with Gasteiger partial charge in [-0.05, 0) is 36.4 Å². The molecule has 0 N–H and O–H groups in total. The van der Waals surface area contributed by atoms with Crippen LogP contribution in [0.25, 0.3) is 0 Å². The van der Waals surface area contributed by atoms with Crippen LogP contribution in [0.1, 0.15) is 15.9 Å². The molecular weight excluding hydrogens is 395 g/mol. The molecule has 3 aromatic rings. The molecule has 0 fully saturated rings. The van der Waals surface area contributed by atoms with Crippen LogP contribution in [0.3, 0.4) is 0 Å². The van der Waals surface area contributed by atoms with E-state index in [1.54, 1.807) is 25.2 Å². The summed E-state index contributed by atoms with van der Waals surface area (Å²) in [6.07, 6.45) is 1.49. The van der Waals surface area contributed by atoms with E-state index >= 15 is 0 Å². The highest BCUT2D eigenvalue weighted by molar-refractivity contribution is 6.35. The normalized spacial score (nSPS) is 10.1. The first kappa shape index (κ1) is 19.8. The minimum atomic E-state index is -0.309. The second-order valence-corrected chi connectivity index (χ2v) is 6.93. The summed E-state index contributed by atoms with van der Waals surface area (Å²) in [5.41, 5.74) is 1.54. The number of aryl methyl sites for hydroxylation is 1. The van der Waals surface area contributed by atoms with Gasteiger partial charge in [-0.15, -0.1) is 0 Å². The van der Waals surface area contributed by atoms with Crippen LogP contribution in [-0.2, 0) is 7.05 Å². The van der Waals surface area contributed by atoms with Crippen molar-refractivity contribution in [3.05, 3.63) is 98.4 Å². The molecule has 2 aromatic carbocycles. The Bertz CT molecular complexity index is 1110. The number of carbonyl (C=O) groups is 1. The summed E-state index contributed by atoms with van der Waals surface area (Å²) in [6, 6.07) is 17.2. The number of amides is 1. The third-order valence-corrected chi connectivity index (χ3v) is 4.42. The van der Waals surface area contributed by atoms with Crippen molar-refractivity contribution in [3.8, 4) is 11.8 Å². The highest BCUT2D eigenvalue weighted by atomic mass is 35.5. The number of hydrogen-bond donors (Lipinski definition) is 0. The lowest BCUT2D eigenvalue weighted by molar-refractivity contribution is 0.0989. The lowest BCUT2D eigenvalue weighted by atomic mass is 10.2. The van der Waals surface area contributed by atoms with Crippen LogP contribution < -0.4 is 10.5 Å². The van der Waals surface area contributed by atoms with Gasteiger partial charge in [-0.1, -0.05) is 53.2 Å². The molecular formula is C22H16Cl2N2O2. The smallest absolute Gasteiger partial charge is 0.260 e. The summed E-state index contributed by atoms with van der Waals surface area (Å²) < 4.78 is 1.35. The van der Waals surface area contributed by atoms with Crippen molar-refractivity contribution in [2.75, 3.05) is 11.4 Å². The maximum absolute atomic E-state index is 13.1. The molecule has 0 unspecified atom stereocenters. The van der Waals surface area contributed by atoms with E-state index in [4.69, 9.17) is 23.2 Å². The first-order valence-electron chi connectivity index (χ1n) is 8.42. The second kappa shape index (κ2) is 8.79. The lowest BCUT2D eigenvalue weighted by Crippen LogP contribution is -2.32. The molecule has 1 amide bonds. The summed E-state index contributed by atoms with van der Waals surface area (Å²) in [6.45, 7) is 0.132. The molecule has 0 radical (unpaired) electrons. The Morgan fingerprint density at radius 2 is 1.71 bits per heavy atom. The molecule has 0 saturated heterocycles. The predicted molar refractivity (Wildman–Crippen MR) is 113 cm³/mol. The molecule has 0 aliphatic heterocycles. The molecule has 1 aromatic heterocycles. The third kappa shape index (κ3) is 4.83. The highest BCUT2D eigenvalue weighted by Crippen LogP contribution is 2.26. The standard InChI is InChI=1S/C22H16Cl2N2O2/c1-25-15-17(9-10-21(25)27)22(28)26(20-13-18(23)12-19(24)14-20)11-5-8-16-6-3-2-4-7-16/h2-4,6-7,9-10,12-15H,11H2,1H3. The molecule has 4 nitrogen and oxygen atoms in total. The topological polar surface area (TPSA) is 42.3 Å². The van der Waals surface area contributed by atoms with Crippen LogP contribution >= 0.6 is 23.2 Å². The first-order chi connectivity index (χ1) is 13.4. The van der Waals surface area contributed by atoms with Crippen LogP contribution in [-0.4, -0.2) is 17.0 Å². The fourth-order valence-corrected chi connectivity index (χ4v) is 3.11. The van der Waals surface area contributed by atoms with E-state index in [-0.39, 0.29) is 18.0 Å². The van der Waals surface area contributed by atoms with Crippen molar-refractivity contribution in [2.24, 2.45) is 7.05 Å². The van der Waals surface area contributed by atoms with E-state index in [0.29, 0.717) is 21.3 Å². The third-order valence-electron chi connectivity index (χ3n) is 3.98. The van der Waals surface area contributed by atoms with Gasteiger partial charge in [-0.25, -0.2) is 0 Å². The number of anilines is 1. The number of halogens is 2. The number of benzene rings is 2. The van der Waals surface area contributed by atoms with Gasteiger partial charge in [0.1, 0.15) is 0 Å². The highest BCUT2D eigenvalue weighted by Gasteiger charge is 2.18. The second-order valence-electron chi connectivity index (χ2n) is 6.05. The average Bonchev–Trinajstić information content (AvgIpc) is 2.67. The van der Waals surface area contributed by atoms with Crippen molar-refractivity contribution >= 4 is 34.8 Å². The van der Waals surface area contributed by atoms with E-state index in [1.807, 2.05) is 30.3 Å². The zero-order valence-corrected chi connectivity index (χ0v) is 16.5. The van der Waals surface area contributed by atoms with Gasteiger partial charge in [0.2, 0.25) is 5.56 Å². The van der Waals surface area contributed by atoms with Gasteiger partial charge in [0.25, 0.3) is 5.91 Å². The van der Waals surface area contributed by atoms with Crippen molar-refractivity contribution in [1.29, 1.82) is 0 Å². The largest absolute Gasteiger partial charge is 0.318 e. The van der Waals surface area contributed by atoms with Crippen LogP contribution in [0.5, 0.6) is 0 Å². The quantitative estimate of drug-likeness (QED) is 0.600. The van der Waals surface area contributed by atoms with Crippen molar-refractivity contribution in [1.82, 2.24) is 4.57 Å². The minimum Gasteiger partial charge on any atom is -0.318 e. The van der Waals surface area contributed by atoms with Crippen LogP contribution in [0, 0.1) is 11.8 Å². The van der Waals surface area contributed by atoms with E-state index in [0.717, 1.165) is 5.56 Å². The molecule has 0 aliphatic rings. The zero-order valence-electron chi connectivity index (χ0n) is 15.0. The fourth-order valence-electron chi connectivity index (χ4n) is 2.59. The van der Waals surface area contributed by atoms with Gasteiger partial charge in [0.15, 0.2) is 0 Å². The molecule has 1 heterocycles. The Morgan fingerprint density at radius 1 is 1.04 bits per heavy atom. The van der Waals surface area contributed by atoms with E-state index < -0.39 is 0 Å². The SMILES string of the molecule is Cn1cc(C(=O)N(CC#Cc2ccccc2)c2cc(Cl)cc(Cl)c2)ccc1=O. The number of nitrogens with zero attached hydrogens (tertiary/aromatic N) is 2. The van der Waals surface area contributed by atoms with Crippen molar-refractivity contribution in [2.45, 2.75) is 0 Å². The monoisotopic (exact) mass is 410 g/mol. The minimum absolute atomic E-state index is 0.132. The molecule has 0 spiro atoms. The molecule has 0 saturated carbocycles. The van der Waals surface area contributed by atoms with Crippen LogP contribution in [0.2, 0.25) is 10.0 Å². The summed E-state index contributed by atoms with van der Waals surface area (Å²) in [4.78, 5) is 26.2. The molecule has 28 heavy (non-hydrogen) atoms. The predicted octanol–water partition coefficient (Wildman–Crippen LogP) is 4.39. The molecule has 0 atom stereocenters. The number of carbonyl (C=O) groups excluding carboxylic acids is 1. The van der Waals surface area contributed by atoms with Gasteiger partial charge >= 0.3 is 0 Å². The fraction of sp³-hybridized carbons (Fsp3) is 0.0909. The summed E-state index contributed by atoms with van der Waals surface area (Å²) in [5, 5.41) is 0.827. The van der Waals surface area contributed by atoms with Crippen LogP contribution in [0.4, 0.5) is 5.69 Å². The van der Waals surface area contributed by atoms with Gasteiger partial charge in [-0.3, -0.25) is 14.5 Å². The summed E-state index contributed by atoms with van der Waals surface area (Å²) in [7, 11) is 1.59. The number of aromatic nitrogens is 1. The molecule has 3 rings (SSSR count). The molecule has 0 bridgehead atoms. The van der Waals surface area contributed by atoms with E-state index in [2.05, 4.69) is 11.8 Å². The first-order valence-corrected chi connectivity index (χ1v) is 9.18. The Hall–Kier alpha value is -3.00. The van der Waals surface area contributed by atoms with Gasteiger partial charge in [0.05, 0.1) is 12.1 Å². The Labute approximate surface area is 172 Å². The maximum atomic E-state index is 13.1. The van der Waals surface area contributed by atoms with E-state index in [9.17, 15) is 9.59 Å².